The number of hydrogen-bond acceptors (Lipinski definition) is 1. The van der Waals surface area contributed by atoms with Gasteiger partial charge in [-0.3, -0.25) is 0 Å². The first kappa shape index (κ1) is 12.4. The molecule has 76 valence electrons. The molecule has 2 N–H and O–H groups in total. The second-order valence-corrected chi connectivity index (χ2v) is 3.28. The van der Waals surface area contributed by atoms with Crippen LogP contribution in [-0.4, -0.2) is 6.54 Å². The Balaban J connectivity index is 3.12. The summed E-state index contributed by atoms with van der Waals surface area (Å²) in [6.45, 7) is 2.99. The lowest BCUT2D eigenvalue weighted by Crippen LogP contribution is -1.94. The largest absolute Gasteiger partial charge is 0.330 e. The van der Waals surface area contributed by atoms with E-state index in [0.717, 1.165) is 13.0 Å². The number of hydrogen-bond donors (Lipinski definition) is 1. The quantitative estimate of drug-likeness (QED) is 0.450. The van der Waals surface area contributed by atoms with E-state index in [1.165, 1.54) is 32.1 Å². The van der Waals surface area contributed by atoms with Crippen molar-refractivity contribution < 1.29 is 0 Å². The average molecular weight is 181 g/mol. The highest BCUT2D eigenvalue weighted by Crippen LogP contribution is 2.02. The van der Waals surface area contributed by atoms with E-state index in [9.17, 15) is 0 Å². The van der Waals surface area contributed by atoms with Gasteiger partial charge in [0.25, 0.3) is 0 Å². The van der Waals surface area contributed by atoms with E-state index >= 15 is 0 Å². The Morgan fingerprint density at radius 2 is 1.62 bits per heavy atom. The smallest absolute Gasteiger partial charge is 0.00425 e. The van der Waals surface area contributed by atoms with E-state index in [1.54, 1.807) is 0 Å². The van der Waals surface area contributed by atoms with Crippen LogP contribution in [0.1, 0.15) is 45.4 Å². The maximum atomic E-state index is 5.35. The maximum Gasteiger partial charge on any atom is -0.00425 e. The van der Waals surface area contributed by atoms with Gasteiger partial charge in [0.2, 0.25) is 0 Å². The van der Waals surface area contributed by atoms with Gasteiger partial charge in [-0.05, 0) is 25.8 Å². The molecule has 0 aromatic carbocycles. The standard InChI is InChI=1S/C12H23N/c1-2-3-4-5-6-7-8-9-10-11-12-13/h7-10H,2-6,11-13H2,1H3/b8-7+,10-9-. The minimum atomic E-state index is 0.751. The fraction of sp³-hybridized carbons (Fsp3) is 0.667. The van der Waals surface area contributed by atoms with E-state index < -0.39 is 0 Å². The molecule has 0 aromatic heterocycles. The number of unbranched alkanes of at least 4 members (excludes halogenated alkanes) is 4. The van der Waals surface area contributed by atoms with Crippen molar-refractivity contribution in [2.45, 2.75) is 45.4 Å². The lowest BCUT2D eigenvalue weighted by Gasteiger charge is -1.92. The summed E-state index contributed by atoms with van der Waals surface area (Å²) in [7, 11) is 0. The molecular weight excluding hydrogens is 158 g/mol. The third kappa shape index (κ3) is 11.4. The first-order valence-corrected chi connectivity index (χ1v) is 5.43. The highest BCUT2D eigenvalue weighted by molar-refractivity contribution is 5.02. The number of rotatable bonds is 8. The summed E-state index contributed by atoms with van der Waals surface area (Å²) in [5, 5.41) is 0. The van der Waals surface area contributed by atoms with E-state index in [4.69, 9.17) is 5.73 Å². The van der Waals surface area contributed by atoms with Crippen molar-refractivity contribution in [1.29, 1.82) is 0 Å². The molecule has 0 bridgehead atoms. The Hall–Kier alpha value is -0.560. The predicted molar refractivity (Wildman–Crippen MR) is 60.7 cm³/mol. The molecule has 0 rings (SSSR count). The van der Waals surface area contributed by atoms with Crippen LogP contribution in [0, 0.1) is 0 Å². The van der Waals surface area contributed by atoms with Crippen LogP contribution >= 0.6 is 0 Å². The van der Waals surface area contributed by atoms with E-state index in [1.807, 2.05) is 0 Å². The van der Waals surface area contributed by atoms with Crippen molar-refractivity contribution in [3.8, 4) is 0 Å². The zero-order valence-electron chi connectivity index (χ0n) is 8.84. The Morgan fingerprint density at radius 1 is 0.923 bits per heavy atom. The summed E-state index contributed by atoms with van der Waals surface area (Å²) in [5.74, 6) is 0. The van der Waals surface area contributed by atoms with Gasteiger partial charge in [-0.25, -0.2) is 0 Å². The maximum absolute atomic E-state index is 5.35. The molecule has 0 aliphatic carbocycles. The van der Waals surface area contributed by atoms with Gasteiger partial charge < -0.3 is 5.73 Å². The molecule has 0 spiro atoms. The van der Waals surface area contributed by atoms with E-state index in [2.05, 4.69) is 31.2 Å². The summed E-state index contributed by atoms with van der Waals surface area (Å²) in [4.78, 5) is 0. The monoisotopic (exact) mass is 181 g/mol. The van der Waals surface area contributed by atoms with Gasteiger partial charge in [0, 0.05) is 0 Å². The normalized spacial score (nSPS) is 11.8. The molecule has 0 atom stereocenters. The van der Waals surface area contributed by atoms with Gasteiger partial charge in [0.1, 0.15) is 0 Å². The van der Waals surface area contributed by atoms with Gasteiger partial charge in [-0.15, -0.1) is 0 Å². The average Bonchev–Trinajstić information content (AvgIpc) is 2.16. The van der Waals surface area contributed by atoms with E-state index in [0.29, 0.717) is 0 Å². The second-order valence-electron chi connectivity index (χ2n) is 3.28. The van der Waals surface area contributed by atoms with Crippen LogP contribution in [0.15, 0.2) is 24.3 Å². The van der Waals surface area contributed by atoms with Crippen LogP contribution in [0.2, 0.25) is 0 Å². The molecule has 13 heavy (non-hydrogen) atoms. The summed E-state index contributed by atoms with van der Waals surface area (Å²) in [6, 6.07) is 0. The zero-order chi connectivity index (χ0) is 9.78. The van der Waals surface area contributed by atoms with Gasteiger partial charge >= 0.3 is 0 Å². The SMILES string of the molecule is CCCCCC/C=C/C=C\CCN. The number of nitrogens with two attached hydrogens (primary N) is 1. The molecule has 0 saturated heterocycles. The fourth-order valence-corrected chi connectivity index (χ4v) is 1.13. The molecule has 1 nitrogen and oxygen atoms in total. The first-order chi connectivity index (χ1) is 6.41. The highest BCUT2D eigenvalue weighted by Gasteiger charge is 1.82. The molecule has 1 heteroatoms. The molecule has 0 heterocycles. The van der Waals surface area contributed by atoms with Crippen LogP contribution in [0.3, 0.4) is 0 Å². The van der Waals surface area contributed by atoms with Crippen molar-refractivity contribution in [3.63, 3.8) is 0 Å². The van der Waals surface area contributed by atoms with Crippen LogP contribution in [-0.2, 0) is 0 Å². The van der Waals surface area contributed by atoms with Gasteiger partial charge in [-0.2, -0.15) is 0 Å². The van der Waals surface area contributed by atoms with Gasteiger partial charge in [-0.1, -0.05) is 50.5 Å². The topological polar surface area (TPSA) is 26.0 Å². The molecular formula is C12H23N. The molecule has 0 aliphatic rings. The van der Waals surface area contributed by atoms with Gasteiger partial charge in [0.05, 0.1) is 0 Å². The van der Waals surface area contributed by atoms with Crippen LogP contribution in [0.5, 0.6) is 0 Å². The first-order valence-electron chi connectivity index (χ1n) is 5.43. The summed E-state index contributed by atoms with van der Waals surface area (Å²) in [6.07, 6.45) is 16.2. The fourth-order valence-electron chi connectivity index (χ4n) is 1.13. The van der Waals surface area contributed by atoms with Crippen LogP contribution < -0.4 is 5.73 Å². The lowest BCUT2D eigenvalue weighted by atomic mass is 10.1. The minimum absolute atomic E-state index is 0.751. The molecule has 0 radical (unpaired) electrons. The Bertz CT molecular complexity index is 136. The van der Waals surface area contributed by atoms with Gasteiger partial charge in [0.15, 0.2) is 0 Å². The third-order valence-electron chi connectivity index (χ3n) is 1.94. The lowest BCUT2D eigenvalue weighted by molar-refractivity contribution is 0.674. The Morgan fingerprint density at radius 3 is 2.23 bits per heavy atom. The minimum Gasteiger partial charge on any atom is -0.330 e. The van der Waals surface area contributed by atoms with Crippen molar-refractivity contribution >= 4 is 0 Å². The summed E-state index contributed by atoms with van der Waals surface area (Å²) in [5.41, 5.74) is 5.35. The molecule has 0 unspecified atom stereocenters. The summed E-state index contributed by atoms with van der Waals surface area (Å²) >= 11 is 0. The molecule has 0 aliphatic heterocycles. The third-order valence-corrected chi connectivity index (χ3v) is 1.94. The Kier molecular flexibility index (Phi) is 10.9. The molecule has 0 saturated carbocycles. The van der Waals surface area contributed by atoms with Crippen molar-refractivity contribution in [1.82, 2.24) is 0 Å². The van der Waals surface area contributed by atoms with Crippen molar-refractivity contribution in [3.05, 3.63) is 24.3 Å². The molecule has 0 aromatic rings. The highest BCUT2D eigenvalue weighted by atomic mass is 14.5. The van der Waals surface area contributed by atoms with Crippen molar-refractivity contribution in [2.75, 3.05) is 6.54 Å². The predicted octanol–water partition coefficient (Wildman–Crippen LogP) is 3.42. The zero-order valence-corrected chi connectivity index (χ0v) is 8.84. The number of allylic oxidation sites excluding steroid dienone is 3. The van der Waals surface area contributed by atoms with E-state index in [-0.39, 0.29) is 0 Å². The van der Waals surface area contributed by atoms with Crippen LogP contribution in [0.4, 0.5) is 0 Å². The van der Waals surface area contributed by atoms with Crippen molar-refractivity contribution in [2.24, 2.45) is 5.73 Å². The second kappa shape index (κ2) is 11.4. The Labute approximate surface area is 82.7 Å². The van der Waals surface area contributed by atoms with Crippen LogP contribution in [0.25, 0.3) is 0 Å². The summed E-state index contributed by atoms with van der Waals surface area (Å²) < 4.78 is 0. The molecule has 0 amide bonds. The molecule has 0 fully saturated rings.